The summed E-state index contributed by atoms with van der Waals surface area (Å²) in [6, 6.07) is 5.48. The van der Waals surface area contributed by atoms with Gasteiger partial charge in [0.1, 0.15) is 5.75 Å². The molecule has 88 valence electrons. The maximum Gasteiger partial charge on any atom is 0.492 e. The summed E-state index contributed by atoms with van der Waals surface area (Å²) in [5.74, 6) is 0.546. The first-order valence-corrected chi connectivity index (χ1v) is 5.49. The van der Waals surface area contributed by atoms with Crippen LogP contribution in [0.4, 0.5) is 0 Å². The number of benzene rings is 1. The second kappa shape index (κ2) is 4.89. The lowest BCUT2D eigenvalue weighted by molar-refractivity contribution is 0.339. The van der Waals surface area contributed by atoms with Crippen LogP contribution < -0.4 is 10.2 Å². The van der Waals surface area contributed by atoms with Crippen LogP contribution in [0.5, 0.6) is 5.75 Å². The largest absolute Gasteiger partial charge is 0.494 e. The van der Waals surface area contributed by atoms with Crippen LogP contribution in [0, 0.1) is 0 Å². The van der Waals surface area contributed by atoms with Gasteiger partial charge < -0.3 is 14.8 Å². The van der Waals surface area contributed by atoms with E-state index in [9.17, 15) is 10.0 Å². The molecule has 0 aliphatic carbocycles. The summed E-state index contributed by atoms with van der Waals surface area (Å²) < 4.78 is 5.41. The molecule has 0 radical (unpaired) electrons. The summed E-state index contributed by atoms with van der Waals surface area (Å²) in [5.41, 5.74) is 1.54. The van der Waals surface area contributed by atoms with Gasteiger partial charge in [0.25, 0.3) is 0 Å². The maximum atomic E-state index is 9.20. The summed E-state index contributed by atoms with van der Waals surface area (Å²) in [6.45, 7) is 8.69. The Morgan fingerprint density at radius 2 is 1.88 bits per heavy atom. The third-order valence-corrected chi connectivity index (χ3v) is 2.46. The quantitative estimate of drug-likeness (QED) is 0.752. The first-order chi connectivity index (χ1) is 7.36. The minimum Gasteiger partial charge on any atom is -0.494 e. The summed E-state index contributed by atoms with van der Waals surface area (Å²) in [4.78, 5) is 0. The molecule has 0 unspecified atom stereocenters. The second-order valence-electron chi connectivity index (χ2n) is 4.81. The Morgan fingerprint density at radius 3 is 2.31 bits per heavy atom. The Labute approximate surface area is 97.2 Å². The van der Waals surface area contributed by atoms with E-state index in [1.807, 2.05) is 19.1 Å². The van der Waals surface area contributed by atoms with Crippen molar-refractivity contribution in [3.05, 3.63) is 23.8 Å². The zero-order chi connectivity index (χ0) is 12.3. The van der Waals surface area contributed by atoms with Crippen LogP contribution in [0.25, 0.3) is 0 Å². The maximum absolute atomic E-state index is 9.20. The smallest absolute Gasteiger partial charge is 0.492 e. The average Bonchev–Trinajstić information content (AvgIpc) is 2.16. The summed E-state index contributed by atoms with van der Waals surface area (Å²) in [5, 5.41) is 18.4. The van der Waals surface area contributed by atoms with Crippen molar-refractivity contribution in [3.63, 3.8) is 0 Å². The first kappa shape index (κ1) is 13.1. The molecule has 0 atom stereocenters. The summed E-state index contributed by atoms with van der Waals surface area (Å²) in [6.07, 6.45) is 0. The molecule has 0 saturated heterocycles. The molecule has 0 aliphatic rings. The van der Waals surface area contributed by atoms with Crippen molar-refractivity contribution in [2.75, 3.05) is 6.61 Å². The lowest BCUT2D eigenvalue weighted by atomic mass is 9.77. The van der Waals surface area contributed by atoms with Crippen LogP contribution >= 0.6 is 0 Å². The van der Waals surface area contributed by atoms with Crippen molar-refractivity contribution in [3.8, 4) is 5.75 Å². The van der Waals surface area contributed by atoms with Crippen LogP contribution in [-0.4, -0.2) is 23.8 Å². The lowest BCUT2D eigenvalue weighted by Crippen LogP contribution is -2.32. The van der Waals surface area contributed by atoms with Gasteiger partial charge in [0.2, 0.25) is 0 Å². The van der Waals surface area contributed by atoms with E-state index in [0.29, 0.717) is 17.8 Å². The highest BCUT2D eigenvalue weighted by atomic mass is 16.5. The fraction of sp³-hybridized carbons (Fsp3) is 0.500. The number of ether oxygens (including phenoxy) is 1. The molecule has 3 nitrogen and oxygen atoms in total. The van der Waals surface area contributed by atoms with Gasteiger partial charge >= 0.3 is 7.12 Å². The Morgan fingerprint density at radius 1 is 1.25 bits per heavy atom. The van der Waals surface area contributed by atoms with Gasteiger partial charge in [-0.25, -0.2) is 0 Å². The minimum absolute atomic E-state index is 0.0186. The molecule has 0 aliphatic heterocycles. The van der Waals surface area contributed by atoms with E-state index in [0.717, 1.165) is 5.56 Å². The van der Waals surface area contributed by atoms with Crippen LogP contribution in [-0.2, 0) is 5.41 Å². The Balaban J connectivity index is 3.17. The molecule has 0 heterocycles. The second-order valence-corrected chi connectivity index (χ2v) is 4.81. The van der Waals surface area contributed by atoms with E-state index < -0.39 is 7.12 Å². The first-order valence-electron chi connectivity index (χ1n) is 5.49. The lowest BCUT2D eigenvalue weighted by Gasteiger charge is -2.21. The standard InChI is InChI=1S/C12H19BO3/c1-5-16-11-8-9(12(2,3)4)6-7-10(11)13(14)15/h6-8,14-15H,5H2,1-4H3. The molecule has 0 spiro atoms. The molecule has 0 aromatic heterocycles. The number of hydrogen-bond acceptors (Lipinski definition) is 3. The number of rotatable bonds is 3. The highest BCUT2D eigenvalue weighted by Crippen LogP contribution is 2.24. The van der Waals surface area contributed by atoms with Crippen molar-refractivity contribution >= 4 is 12.6 Å². The molecule has 1 aromatic carbocycles. The molecule has 0 bridgehead atoms. The molecular weight excluding hydrogens is 203 g/mol. The molecule has 2 N–H and O–H groups in total. The monoisotopic (exact) mass is 222 g/mol. The van der Waals surface area contributed by atoms with Gasteiger partial charge in [-0.3, -0.25) is 0 Å². The van der Waals surface area contributed by atoms with Crippen molar-refractivity contribution in [2.24, 2.45) is 0 Å². The molecule has 4 heteroatoms. The highest BCUT2D eigenvalue weighted by Gasteiger charge is 2.21. The van der Waals surface area contributed by atoms with Gasteiger partial charge in [-0.05, 0) is 24.0 Å². The predicted octanol–water partition coefficient (Wildman–Crippen LogP) is 1.06. The van der Waals surface area contributed by atoms with Gasteiger partial charge in [-0.2, -0.15) is 0 Å². The van der Waals surface area contributed by atoms with Gasteiger partial charge in [0, 0.05) is 5.46 Å². The van der Waals surface area contributed by atoms with Crippen molar-refractivity contribution in [1.82, 2.24) is 0 Å². The van der Waals surface area contributed by atoms with E-state index in [1.54, 1.807) is 6.07 Å². The Bertz CT molecular complexity index is 356. The Hall–Kier alpha value is -0.995. The zero-order valence-electron chi connectivity index (χ0n) is 10.3. The van der Waals surface area contributed by atoms with Gasteiger partial charge in [-0.1, -0.05) is 32.9 Å². The van der Waals surface area contributed by atoms with Crippen molar-refractivity contribution in [1.29, 1.82) is 0 Å². The third kappa shape index (κ3) is 3.00. The SMILES string of the molecule is CCOc1cc(C(C)(C)C)ccc1B(O)O. The van der Waals surface area contributed by atoms with Crippen molar-refractivity contribution < 1.29 is 14.8 Å². The van der Waals surface area contributed by atoms with Gasteiger partial charge in [-0.15, -0.1) is 0 Å². The van der Waals surface area contributed by atoms with E-state index in [2.05, 4.69) is 20.8 Å². The van der Waals surface area contributed by atoms with Crippen LogP contribution in [0.1, 0.15) is 33.3 Å². The van der Waals surface area contributed by atoms with Crippen molar-refractivity contribution in [2.45, 2.75) is 33.1 Å². The fourth-order valence-electron chi connectivity index (χ4n) is 1.49. The van der Waals surface area contributed by atoms with E-state index in [-0.39, 0.29) is 5.41 Å². The normalized spacial score (nSPS) is 11.4. The molecule has 0 saturated carbocycles. The third-order valence-electron chi connectivity index (χ3n) is 2.46. The predicted molar refractivity (Wildman–Crippen MR) is 66.1 cm³/mol. The Kier molecular flexibility index (Phi) is 4.00. The zero-order valence-corrected chi connectivity index (χ0v) is 10.3. The van der Waals surface area contributed by atoms with Crippen LogP contribution in [0.3, 0.4) is 0 Å². The summed E-state index contributed by atoms with van der Waals surface area (Å²) in [7, 11) is -1.49. The average molecular weight is 222 g/mol. The number of hydrogen-bond donors (Lipinski definition) is 2. The van der Waals surface area contributed by atoms with Crippen LogP contribution in [0.15, 0.2) is 18.2 Å². The van der Waals surface area contributed by atoms with E-state index in [4.69, 9.17) is 4.74 Å². The highest BCUT2D eigenvalue weighted by molar-refractivity contribution is 6.59. The molecular formula is C12H19BO3. The van der Waals surface area contributed by atoms with E-state index in [1.165, 1.54) is 0 Å². The van der Waals surface area contributed by atoms with Gasteiger partial charge in [0.05, 0.1) is 6.61 Å². The molecule has 1 rings (SSSR count). The van der Waals surface area contributed by atoms with E-state index >= 15 is 0 Å². The molecule has 0 amide bonds. The molecule has 0 fully saturated rings. The molecule has 16 heavy (non-hydrogen) atoms. The molecule has 1 aromatic rings. The minimum atomic E-state index is -1.49. The van der Waals surface area contributed by atoms with Gasteiger partial charge in [0.15, 0.2) is 0 Å². The summed E-state index contributed by atoms with van der Waals surface area (Å²) >= 11 is 0. The van der Waals surface area contributed by atoms with Crippen LogP contribution in [0.2, 0.25) is 0 Å². The topological polar surface area (TPSA) is 49.7 Å². The fourth-order valence-corrected chi connectivity index (χ4v) is 1.49.